The van der Waals surface area contributed by atoms with Gasteiger partial charge in [0.1, 0.15) is 6.07 Å². The first-order valence-corrected chi connectivity index (χ1v) is 8.64. The van der Waals surface area contributed by atoms with Crippen molar-refractivity contribution in [3.63, 3.8) is 0 Å². The van der Waals surface area contributed by atoms with Gasteiger partial charge in [0, 0.05) is 7.14 Å². The smallest absolute Gasteiger partial charge is 0.263 e. The molecule has 0 saturated carbocycles. The topological polar surface area (TPSA) is 64.1 Å². The highest BCUT2D eigenvalue weighted by molar-refractivity contribution is 14.1. The highest BCUT2D eigenvalue weighted by atomic mass is 127. The molecule has 120 valence electrons. The van der Waals surface area contributed by atoms with Gasteiger partial charge in [-0.3, -0.25) is 8.63 Å². The molecule has 5 nitrogen and oxygen atoms in total. The van der Waals surface area contributed by atoms with Gasteiger partial charge >= 0.3 is 7.40 Å². The Bertz CT molecular complexity index is 788. The first-order chi connectivity index (χ1) is 11.5. The number of hydrogen-bond acceptors (Lipinski definition) is 4. The van der Waals surface area contributed by atoms with Crippen molar-refractivity contribution in [2.45, 2.75) is 0 Å². The summed E-state index contributed by atoms with van der Waals surface area (Å²) in [5, 5.41) is 20.1. The van der Waals surface area contributed by atoms with Crippen molar-refractivity contribution in [1.29, 1.82) is 5.26 Å². The lowest BCUT2D eigenvalue weighted by molar-refractivity contribution is 0.643. The molecular formula is C14H8BF2I2N5. The largest absolute Gasteiger partial charge is 0.695 e. The van der Waals surface area contributed by atoms with Gasteiger partial charge in [-0.2, -0.15) is 5.26 Å². The highest BCUT2D eigenvalue weighted by Gasteiger charge is 2.26. The molecule has 0 unspecified atom stereocenters. The number of amidine groups is 1. The van der Waals surface area contributed by atoms with E-state index < -0.39 is 13.2 Å². The molecule has 0 radical (unpaired) electrons. The first kappa shape index (κ1) is 18.7. The number of halogens is 4. The van der Waals surface area contributed by atoms with Crippen LogP contribution in [-0.2, 0) is 0 Å². The molecule has 2 aromatic carbocycles. The van der Waals surface area contributed by atoms with Crippen LogP contribution in [-0.4, -0.2) is 13.2 Å². The summed E-state index contributed by atoms with van der Waals surface area (Å²) in [7, 11) is -2.91. The minimum absolute atomic E-state index is 0.155. The zero-order chi connectivity index (χ0) is 17.5. The van der Waals surface area contributed by atoms with Gasteiger partial charge in [-0.05, 0) is 93.7 Å². The summed E-state index contributed by atoms with van der Waals surface area (Å²) < 4.78 is 28.4. The fourth-order valence-electron chi connectivity index (χ4n) is 1.59. The van der Waals surface area contributed by atoms with E-state index >= 15 is 0 Å². The van der Waals surface area contributed by atoms with Crippen LogP contribution in [0, 0.1) is 18.5 Å². The second kappa shape index (κ2) is 9.02. The van der Waals surface area contributed by atoms with E-state index in [9.17, 15) is 8.63 Å². The molecule has 0 heterocycles. The molecule has 0 atom stereocenters. The van der Waals surface area contributed by atoms with Crippen LogP contribution in [0.25, 0.3) is 0 Å². The monoisotopic (exact) mass is 549 g/mol. The van der Waals surface area contributed by atoms with Crippen LogP contribution in [0.15, 0.2) is 63.9 Å². The molecule has 0 bridgehead atoms. The maximum atomic E-state index is 13.2. The summed E-state index contributed by atoms with van der Waals surface area (Å²) in [6.45, 7) is 0. The number of anilines is 1. The number of nitriles is 1. The summed E-state index contributed by atoms with van der Waals surface area (Å²) >= 11 is 4.20. The third kappa shape index (κ3) is 5.48. The van der Waals surface area contributed by atoms with Crippen molar-refractivity contribution < 1.29 is 8.63 Å². The van der Waals surface area contributed by atoms with Gasteiger partial charge in [0.15, 0.2) is 0 Å². The number of nitrogens with zero attached hydrogens (tertiary/aromatic N) is 5. The molecule has 0 aliphatic rings. The minimum Gasteiger partial charge on any atom is -0.263 e. The lowest BCUT2D eigenvalue weighted by Crippen LogP contribution is -2.28. The summed E-state index contributed by atoms with van der Waals surface area (Å²) in [5.41, 5.74) is 0.652. The van der Waals surface area contributed by atoms with E-state index in [0.717, 1.165) is 7.14 Å². The number of hydrogen-bond donors (Lipinski definition) is 0. The normalized spacial score (nSPS) is 11.4. The Balaban J connectivity index is 2.27. The van der Waals surface area contributed by atoms with E-state index in [2.05, 4.69) is 60.5 Å². The van der Waals surface area contributed by atoms with Crippen molar-refractivity contribution in [2.75, 3.05) is 4.92 Å². The Morgan fingerprint density at radius 3 is 2.04 bits per heavy atom. The van der Waals surface area contributed by atoms with Gasteiger partial charge in [0.2, 0.25) is 0 Å². The Labute approximate surface area is 164 Å². The molecule has 0 aliphatic heterocycles. The van der Waals surface area contributed by atoms with Crippen LogP contribution in [0.1, 0.15) is 0 Å². The van der Waals surface area contributed by atoms with Crippen LogP contribution in [0.2, 0.25) is 0 Å². The Morgan fingerprint density at radius 1 is 1.00 bits per heavy atom. The van der Waals surface area contributed by atoms with E-state index in [1.807, 2.05) is 12.1 Å². The lowest BCUT2D eigenvalue weighted by Gasteiger charge is -2.15. The van der Waals surface area contributed by atoms with Gasteiger partial charge in [-0.1, -0.05) is 0 Å². The average Bonchev–Trinajstić information content (AvgIpc) is 2.57. The number of rotatable bonds is 4. The molecule has 0 saturated heterocycles. The molecule has 0 aliphatic carbocycles. The molecule has 24 heavy (non-hydrogen) atoms. The van der Waals surface area contributed by atoms with Crippen LogP contribution in [0.4, 0.5) is 20.0 Å². The van der Waals surface area contributed by atoms with Crippen LogP contribution < -0.4 is 4.92 Å². The summed E-state index contributed by atoms with van der Waals surface area (Å²) in [6.07, 6.45) is 0. The Kier molecular flexibility index (Phi) is 7.04. The van der Waals surface area contributed by atoms with Crippen LogP contribution >= 0.6 is 45.2 Å². The predicted molar refractivity (Wildman–Crippen MR) is 106 cm³/mol. The number of benzene rings is 2. The van der Waals surface area contributed by atoms with Crippen molar-refractivity contribution in [2.24, 2.45) is 15.3 Å². The van der Waals surface area contributed by atoms with E-state index in [1.165, 1.54) is 12.1 Å². The maximum Gasteiger partial charge on any atom is 0.695 e. The first-order valence-electron chi connectivity index (χ1n) is 6.48. The molecule has 2 aromatic rings. The van der Waals surface area contributed by atoms with Crippen molar-refractivity contribution in [3.05, 3.63) is 55.7 Å². The van der Waals surface area contributed by atoms with Crippen LogP contribution in [0.5, 0.6) is 0 Å². The van der Waals surface area contributed by atoms with Crippen molar-refractivity contribution in [1.82, 2.24) is 0 Å². The molecule has 0 amide bonds. The summed E-state index contributed by atoms with van der Waals surface area (Å²) in [6, 6.07) is 15.0. The highest BCUT2D eigenvalue weighted by Crippen LogP contribution is 2.20. The van der Waals surface area contributed by atoms with Crippen molar-refractivity contribution in [3.8, 4) is 6.07 Å². The standard InChI is InChI=1S/C14H8BF2I2N5/c16-15(17)24(13-7-3-11(19)4-8-13)23-14(9-20)22-21-12-5-1-10(18)2-6-12/h1-8H/b22-21?,23-14+. The third-order valence-electron chi connectivity index (χ3n) is 2.67. The van der Waals surface area contributed by atoms with E-state index in [4.69, 9.17) is 5.26 Å². The molecule has 10 heteroatoms. The third-order valence-corrected chi connectivity index (χ3v) is 4.10. The Morgan fingerprint density at radius 2 is 1.54 bits per heavy atom. The SMILES string of the molecule is N#C/C(N=Nc1ccc(I)cc1)=N\N(B(F)F)c1ccc(I)cc1. The summed E-state index contributed by atoms with van der Waals surface area (Å²) in [4.78, 5) is 0.432. The summed E-state index contributed by atoms with van der Waals surface area (Å²) in [5.74, 6) is -0.465. The predicted octanol–water partition coefficient (Wildman–Crippen LogP) is 5.25. The zero-order valence-electron chi connectivity index (χ0n) is 11.9. The molecule has 0 aromatic heterocycles. The van der Waals surface area contributed by atoms with Gasteiger partial charge in [-0.25, -0.2) is 4.92 Å². The van der Waals surface area contributed by atoms with Gasteiger partial charge < -0.3 is 0 Å². The Hall–Kier alpha value is -1.62. The van der Waals surface area contributed by atoms with E-state index in [1.54, 1.807) is 30.3 Å². The number of azo groups is 1. The van der Waals surface area contributed by atoms with Gasteiger partial charge in [-0.15, -0.1) is 15.3 Å². The molecule has 2 rings (SSSR count). The fourth-order valence-corrected chi connectivity index (χ4v) is 2.31. The molecule has 0 fully saturated rings. The van der Waals surface area contributed by atoms with Crippen LogP contribution in [0.3, 0.4) is 0 Å². The van der Waals surface area contributed by atoms with E-state index in [-0.39, 0.29) is 5.69 Å². The average molecular weight is 549 g/mol. The number of hydrazone groups is 1. The lowest BCUT2D eigenvalue weighted by atomic mass is 10.2. The quantitative estimate of drug-likeness (QED) is 0.131. The second-order valence-electron chi connectivity index (χ2n) is 4.31. The minimum atomic E-state index is -2.91. The molecule has 0 spiro atoms. The van der Waals surface area contributed by atoms with Gasteiger partial charge in [0.05, 0.1) is 11.4 Å². The van der Waals surface area contributed by atoms with E-state index in [0.29, 0.717) is 10.6 Å². The van der Waals surface area contributed by atoms with Gasteiger partial charge in [0.25, 0.3) is 5.84 Å². The zero-order valence-corrected chi connectivity index (χ0v) is 16.3. The molecule has 0 N–H and O–H groups in total. The fraction of sp³-hybridized carbons (Fsp3) is 0. The second-order valence-corrected chi connectivity index (χ2v) is 6.80. The maximum absolute atomic E-state index is 13.2. The van der Waals surface area contributed by atoms with Crippen molar-refractivity contribution >= 4 is 69.8 Å². The molecular weight excluding hydrogens is 541 g/mol.